The van der Waals surface area contributed by atoms with E-state index in [1.165, 1.54) is 9.08 Å². The fraction of sp³-hybridized carbons (Fsp3) is 0.583. The van der Waals surface area contributed by atoms with Crippen molar-refractivity contribution in [2.24, 2.45) is 0 Å². The third-order valence-corrected chi connectivity index (χ3v) is 2.91. The van der Waals surface area contributed by atoms with Gasteiger partial charge in [0, 0.05) is 18.4 Å². The highest BCUT2D eigenvalue weighted by molar-refractivity contribution is 5.31. The Morgan fingerprint density at radius 3 is 2.94 bits per heavy atom. The molecule has 0 aromatic carbocycles. The number of nitrogens with zero attached hydrogens (tertiary/aromatic N) is 4. The molecular formula is C12H19N5O. The summed E-state index contributed by atoms with van der Waals surface area (Å²) in [6.45, 7) is 5.70. The van der Waals surface area contributed by atoms with Crippen molar-refractivity contribution < 1.29 is 0 Å². The second-order valence-corrected chi connectivity index (χ2v) is 4.31. The standard InChI is InChI=1S/C12H19N5O/c1-3-5-10(14-4-2)9-17-12(18)16-7-6-13-8-11(16)15-17/h6-8,10,14H,3-5,9H2,1-2H3. The molecule has 0 radical (unpaired) electrons. The van der Waals surface area contributed by atoms with Crippen LogP contribution < -0.4 is 11.0 Å². The van der Waals surface area contributed by atoms with Gasteiger partial charge in [-0.05, 0) is 13.0 Å². The van der Waals surface area contributed by atoms with Gasteiger partial charge in [0.2, 0.25) is 0 Å². The molecule has 0 bridgehead atoms. The molecule has 0 spiro atoms. The van der Waals surface area contributed by atoms with Gasteiger partial charge >= 0.3 is 5.69 Å². The largest absolute Gasteiger partial charge is 0.350 e. The Kier molecular flexibility index (Phi) is 4.09. The molecule has 0 aliphatic rings. The van der Waals surface area contributed by atoms with E-state index in [2.05, 4.69) is 29.2 Å². The molecule has 0 fully saturated rings. The van der Waals surface area contributed by atoms with E-state index in [1.807, 2.05) is 0 Å². The van der Waals surface area contributed by atoms with Gasteiger partial charge in [0.25, 0.3) is 0 Å². The molecule has 0 aliphatic heterocycles. The van der Waals surface area contributed by atoms with Crippen LogP contribution in [0.25, 0.3) is 5.65 Å². The maximum atomic E-state index is 12.1. The summed E-state index contributed by atoms with van der Waals surface area (Å²) in [4.78, 5) is 16.0. The third kappa shape index (κ3) is 2.59. The van der Waals surface area contributed by atoms with Crippen molar-refractivity contribution in [1.82, 2.24) is 24.5 Å². The monoisotopic (exact) mass is 249 g/mol. The normalized spacial score (nSPS) is 13.0. The maximum Gasteiger partial charge on any atom is 0.350 e. The van der Waals surface area contributed by atoms with Crippen LogP contribution in [-0.4, -0.2) is 31.8 Å². The van der Waals surface area contributed by atoms with E-state index in [0.29, 0.717) is 12.2 Å². The summed E-state index contributed by atoms with van der Waals surface area (Å²) in [6, 6.07) is 0.288. The average Bonchev–Trinajstić information content (AvgIpc) is 2.68. The summed E-state index contributed by atoms with van der Waals surface area (Å²) in [6.07, 6.45) is 6.95. The van der Waals surface area contributed by atoms with Gasteiger partial charge in [-0.25, -0.2) is 13.9 Å². The molecule has 2 aromatic heterocycles. The Labute approximate surface area is 106 Å². The molecule has 0 saturated carbocycles. The van der Waals surface area contributed by atoms with Gasteiger partial charge in [-0.15, -0.1) is 5.10 Å². The van der Waals surface area contributed by atoms with Crippen LogP contribution in [0.4, 0.5) is 0 Å². The van der Waals surface area contributed by atoms with Crippen LogP contribution in [0.3, 0.4) is 0 Å². The number of hydrogen-bond acceptors (Lipinski definition) is 4. The van der Waals surface area contributed by atoms with Crippen LogP contribution in [-0.2, 0) is 6.54 Å². The molecule has 0 aliphatic carbocycles. The highest BCUT2D eigenvalue weighted by Gasteiger charge is 2.12. The first-order valence-corrected chi connectivity index (χ1v) is 6.38. The predicted molar refractivity (Wildman–Crippen MR) is 69.6 cm³/mol. The molecule has 2 aromatic rings. The van der Waals surface area contributed by atoms with Crippen molar-refractivity contribution in [3.05, 3.63) is 29.1 Å². The molecule has 98 valence electrons. The minimum atomic E-state index is -0.105. The molecule has 1 atom stereocenters. The predicted octanol–water partition coefficient (Wildman–Crippen LogP) is 0.669. The number of rotatable bonds is 6. The minimum Gasteiger partial charge on any atom is -0.312 e. The first-order valence-electron chi connectivity index (χ1n) is 6.38. The molecular weight excluding hydrogens is 230 g/mol. The van der Waals surface area contributed by atoms with Crippen molar-refractivity contribution in [2.75, 3.05) is 6.54 Å². The van der Waals surface area contributed by atoms with Crippen molar-refractivity contribution in [2.45, 2.75) is 39.3 Å². The van der Waals surface area contributed by atoms with Gasteiger partial charge in [-0.1, -0.05) is 20.3 Å². The molecule has 0 amide bonds. The van der Waals surface area contributed by atoms with Crippen LogP contribution in [0.5, 0.6) is 0 Å². The van der Waals surface area contributed by atoms with Crippen LogP contribution >= 0.6 is 0 Å². The van der Waals surface area contributed by atoms with Gasteiger partial charge in [0.05, 0.1) is 12.7 Å². The van der Waals surface area contributed by atoms with Crippen LogP contribution in [0.15, 0.2) is 23.4 Å². The van der Waals surface area contributed by atoms with Crippen molar-refractivity contribution in [3.8, 4) is 0 Å². The Morgan fingerprint density at radius 2 is 2.28 bits per heavy atom. The van der Waals surface area contributed by atoms with E-state index in [-0.39, 0.29) is 11.7 Å². The SMILES string of the molecule is CCCC(Cn1nc2cnccn2c1=O)NCC. The third-order valence-electron chi connectivity index (χ3n) is 2.91. The van der Waals surface area contributed by atoms with Crippen LogP contribution in [0.2, 0.25) is 0 Å². The summed E-state index contributed by atoms with van der Waals surface area (Å²) >= 11 is 0. The number of hydrogen-bond donors (Lipinski definition) is 1. The van der Waals surface area contributed by atoms with Crippen LogP contribution in [0.1, 0.15) is 26.7 Å². The van der Waals surface area contributed by atoms with Crippen molar-refractivity contribution in [1.29, 1.82) is 0 Å². The lowest BCUT2D eigenvalue weighted by molar-refractivity contribution is 0.403. The lowest BCUT2D eigenvalue weighted by Crippen LogP contribution is -2.36. The number of likely N-dealkylation sites (N-methyl/N-ethyl adjacent to an activating group) is 1. The van der Waals surface area contributed by atoms with Crippen molar-refractivity contribution in [3.63, 3.8) is 0 Å². The Balaban J connectivity index is 2.25. The molecule has 6 nitrogen and oxygen atoms in total. The average molecular weight is 249 g/mol. The van der Waals surface area contributed by atoms with Gasteiger partial charge in [-0.3, -0.25) is 4.98 Å². The molecule has 6 heteroatoms. The molecule has 1 unspecified atom stereocenters. The van der Waals surface area contributed by atoms with E-state index >= 15 is 0 Å². The number of fused-ring (bicyclic) bond motifs is 1. The summed E-state index contributed by atoms with van der Waals surface area (Å²) in [5.41, 5.74) is 0.487. The second-order valence-electron chi connectivity index (χ2n) is 4.31. The molecule has 1 N–H and O–H groups in total. The first kappa shape index (κ1) is 12.8. The Morgan fingerprint density at radius 1 is 1.44 bits per heavy atom. The zero-order valence-electron chi connectivity index (χ0n) is 10.8. The quantitative estimate of drug-likeness (QED) is 0.817. The zero-order chi connectivity index (χ0) is 13.0. The number of nitrogens with one attached hydrogen (secondary N) is 1. The van der Waals surface area contributed by atoms with Gasteiger partial charge in [0.1, 0.15) is 0 Å². The smallest absolute Gasteiger partial charge is 0.312 e. The van der Waals surface area contributed by atoms with E-state index in [1.54, 1.807) is 18.6 Å². The van der Waals surface area contributed by atoms with E-state index in [4.69, 9.17) is 0 Å². The second kappa shape index (κ2) is 5.77. The zero-order valence-corrected chi connectivity index (χ0v) is 10.8. The van der Waals surface area contributed by atoms with E-state index < -0.39 is 0 Å². The highest BCUT2D eigenvalue weighted by atomic mass is 16.2. The van der Waals surface area contributed by atoms with Gasteiger partial charge in [0.15, 0.2) is 5.65 Å². The minimum absolute atomic E-state index is 0.105. The fourth-order valence-electron chi connectivity index (χ4n) is 2.10. The van der Waals surface area contributed by atoms with Gasteiger partial charge < -0.3 is 5.32 Å². The first-order chi connectivity index (χ1) is 8.76. The Bertz CT molecular complexity index is 553. The molecule has 2 rings (SSSR count). The molecule has 2 heterocycles. The van der Waals surface area contributed by atoms with Gasteiger partial charge in [-0.2, -0.15) is 0 Å². The van der Waals surface area contributed by atoms with E-state index in [0.717, 1.165) is 19.4 Å². The summed E-state index contributed by atoms with van der Waals surface area (Å²) in [7, 11) is 0. The van der Waals surface area contributed by atoms with E-state index in [9.17, 15) is 4.79 Å². The lowest BCUT2D eigenvalue weighted by Gasteiger charge is -2.15. The molecule has 0 saturated heterocycles. The van der Waals surface area contributed by atoms with Crippen LogP contribution in [0, 0.1) is 0 Å². The highest BCUT2D eigenvalue weighted by Crippen LogP contribution is 2.00. The Hall–Kier alpha value is -1.69. The fourth-order valence-corrected chi connectivity index (χ4v) is 2.10. The maximum absolute atomic E-state index is 12.1. The number of aromatic nitrogens is 4. The topological polar surface area (TPSA) is 64.2 Å². The summed E-state index contributed by atoms with van der Waals surface area (Å²) in [5.74, 6) is 0. The summed E-state index contributed by atoms with van der Waals surface area (Å²) < 4.78 is 3.03. The van der Waals surface area contributed by atoms with Crippen molar-refractivity contribution >= 4 is 5.65 Å². The summed E-state index contributed by atoms with van der Waals surface area (Å²) in [5, 5.41) is 7.66. The lowest BCUT2D eigenvalue weighted by atomic mass is 10.1. The molecule has 18 heavy (non-hydrogen) atoms.